The maximum absolute atomic E-state index is 12.8. The number of benzene rings is 2. The second-order valence-corrected chi connectivity index (χ2v) is 8.66. The van der Waals surface area contributed by atoms with E-state index >= 15 is 0 Å². The van der Waals surface area contributed by atoms with Crippen LogP contribution in [0.3, 0.4) is 0 Å². The molecule has 1 fully saturated rings. The number of nitrogens with one attached hydrogen (secondary N) is 1. The van der Waals surface area contributed by atoms with Gasteiger partial charge in [-0.2, -0.15) is 0 Å². The molecule has 1 saturated heterocycles. The van der Waals surface area contributed by atoms with Gasteiger partial charge in [0.25, 0.3) is 5.91 Å². The Morgan fingerprint density at radius 2 is 1.70 bits per heavy atom. The fourth-order valence-electron chi connectivity index (χ4n) is 3.19. The van der Waals surface area contributed by atoms with Crippen molar-refractivity contribution in [2.45, 2.75) is 23.8 Å². The van der Waals surface area contributed by atoms with E-state index in [1.54, 1.807) is 35.2 Å². The Hall–Kier alpha value is -2.38. The van der Waals surface area contributed by atoms with E-state index in [9.17, 15) is 13.2 Å². The molecule has 6 nitrogen and oxygen atoms in total. The van der Waals surface area contributed by atoms with Crippen LogP contribution in [0.2, 0.25) is 0 Å². The SMILES string of the molecule is CN(C)c1cccc(C(=O)N2CCC(NS(=O)(=O)c3ccccc3)CC2)c1. The molecule has 1 aliphatic rings. The van der Waals surface area contributed by atoms with Crippen molar-refractivity contribution < 1.29 is 13.2 Å². The summed E-state index contributed by atoms with van der Waals surface area (Å²) >= 11 is 0. The first-order valence-corrected chi connectivity index (χ1v) is 10.5. The molecule has 2 aromatic rings. The number of likely N-dealkylation sites (tertiary alicyclic amines) is 1. The largest absolute Gasteiger partial charge is 0.378 e. The first kappa shape index (κ1) is 19.4. The van der Waals surface area contributed by atoms with Gasteiger partial charge in [0, 0.05) is 44.5 Å². The molecule has 0 radical (unpaired) electrons. The van der Waals surface area contributed by atoms with Crippen LogP contribution in [0.25, 0.3) is 0 Å². The summed E-state index contributed by atoms with van der Waals surface area (Å²) in [5.41, 5.74) is 1.64. The minimum atomic E-state index is -3.52. The lowest BCUT2D eigenvalue weighted by atomic mass is 10.0. The Kier molecular flexibility index (Phi) is 5.82. The predicted molar refractivity (Wildman–Crippen MR) is 106 cm³/mol. The lowest BCUT2D eigenvalue weighted by Crippen LogP contribution is -2.46. The third kappa shape index (κ3) is 4.67. The van der Waals surface area contributed by atoms with Gasteiger partial charge in [0.2, 0.25) is 10.0 Å². The van der Waals surface area contributed by atoms with E-state index in [0.29, 0.717) is 31.5 Å². The number of amides is 1. The Morgan fingerprint density at radius 3 is 2.33 bits per heavy atom. The topological polar surface area (TPSA) is 69.7 Å². The van der Waals surface area contributed by atoms with Gasteiger partial charge in [-0.05, 0) is 43.2 Å². The van der Waals surface area contributed by atoms with Crippen LogP contribution in [0.15, 0.2) is 59.5 Å². The molecule has 0 saturated carbocycles. The van der Waals surface area contributed by atoms with E-state index in [2.05, 4.69) is 4.72 Å². The molecule has 7 heteroatoms. The number of anilines is 1. The van der Waals surface area contributed by atoms with Gasteiger partial charge in [-0.25, -0.2) is 13.1 Å². The number of nitrogens with zero attached hydrogens (tertiary/aromatic N) is 2. The van der Waals surface area contributed by atoms with Crippen LogP contribution < -0.4 is 9.62 Å². The van der Waals surface area contributed by atoms with Crippen molar-refractivity contribution in [3.05, 3.63) is 60.2 Å². The Morgan fingerprint density at radius 1 is 1.04 bits per heavy atom. The molecule has 27 heavy (non-hydrogen) atoms. The fourth-order valence-corrected chi connectivity index (χ4v) is 4.51. The molecule has 1 heterocycles. The van der Waals surface area contributed by atoms with Crippen molar-refractivity contribution in [3.63, 3.8) is 0 Å². The van der Waals surface area contributed by atoms with Gasteiger partial charge in [0.1, 0.15) is 0 Å². The third-order valence-corrected chi connectivity index (χ3v) is 6.30. The molecule has 0 aromatic heterocycles. The van der Waals surface area contributed by atoms with E-state index in [-0.39, 0.29) is 16.8 Å². The lowest BCUT2D eigenvalue weighted by Gasteiger charge is -2.32. The van der Waals surface area contributed by atoms with Crippen molar-refractivity contribution in [1.29, 1.82) is 0 Å². The zero-order valence-electron chi connectivity index (χ0n) is 15.6. The summed E-state index contributed by atoms with van der Waals surface area (Å²) in [6.07, 6.45) is 1.20. The van der Waals surface area contributed by atoms with Gasteiger partial charge < -0.3 is 9.80 Å². The highest BCUT2D eigenvalue weighted by Gasteiger charge is 2.27. The number of rotatable bonds is 5. The first-order chi connectivity index (χ1) is 12.9. The molecule has 1 amide bonds. The molecular weight excluding hydrogens is 362 g/mol. The van der Waals surface area contributed by atoms with Gasteiger partial charge in [-0.15, -0.1) is 0 Å². The highest BCUT2D eigenvalue weighted by Crippen LogP contribution is 2.19. The molecule has 0 aliphatic carbocycles. The van der Waals surface area contributed by atoms with E-state index in [0.717, 1.165) is 5.69 Å². The fraction of sp³-hybridized carbons (Fsp3) is 0.350. The molecule has 144 valence electrons. The van der Waals surface area contributed by atoms with Crippen LogP contribution in [-0.4, -0.2) is 52.5 Å². The Labute approximate surface area is 160 Å². The van der Waals surface area contributed by atoms with E-state index < -0.39 is 10.0 Å². The van der Waals surface area contributed by atoms with Gasteiger partial charge >= 0.3 is 0 Å². The van der Waals surface area contributed by atoms with Gasteiger partial charge in [-0.1, -0.05) is 24.3 Å². The molecule has 2 aromatic carbocycles. The number of hydrogen-bond donors (Lipinski definition) is 1. The van der Waals surface area contributed by atoms with Crippen molar-refractivity contribution in [2.24, 2.45) is 0 Å². The minimum Gasteiger partial charge on any atom is -0.378 e. The van der Waals surface area contributed by atoms with Crippen LogP contribution in [-0.2, 0) is 10.0 Å². The van der Waals surface area contributed by atoms with Crippen molar-refractivity contribution in [3.8, 4) is 0 Å². The number of piperidine rings is 1. The van der Waals surface area contributed by atoms with E-state index in [4.69, 9.17) is 0 Å². The highest BCUT2D eigenvalue weighted by atomic mass is 32.2. The molecule has 0 unspecified atom stereocenters. The van der Waals surface area contributed by atoms with Crippen molar-refractivity contribution in [2.75, 3.05) is 32.1 Å². The summed E-state index contributed by atoms with van der Waals surface area (Å²) in [6.45, 7) is 1.07. The normalized spacial score (nSPS) is 15.6. The summed E-state index contributed by atoms with van der Waals surface area (Å²) in [6, 6.07) is 15.7. The summed E-state index contributed by atoms with van der Waals surface area (Å²) in [7, 11) is 0.353. The average Bonchev–Trinajstić information content (AvgIpc) is 2.68. The van der Waals surface area contributed by atoms with Crippen molar-refractivity contribution >= 4 is 21.6 Å². The quantitative estimate of drug-likeness (QED) is 0.855. The maximum atomic E-state index is 12.8. The van der Waals surface area contributed by atoms with Crippen LogP contribution in [0.5, 0.6) is 0 Å². The lowest BCUT2D eigenvalue weighted by molar-refractivity contribution is 0.0711. The number of sulfonamides is 1. The number of carbonyl (C=O) groups is 1. The predicted octanol–water partition coefficient (Wildman–Crippen LogP) is 2.34. The van der Waals surface area contributed by atoms with Crippen LogP contribution in [0.1, 0.15) is 23.2 Å². The van der Waals surface area contributed by atoms with Gasteiger partial charge in [0.15, 0.2) is 0 Å². The van der Waals surface area contributed by atoms with Gasteiger partial charge in [-0.3, -0.25) is 4.79 Å². The molecule has 0 atom stereocenters. The smallest absolute Gasteiger partial charge is 0.253 e. The summed E-state index contributed by atoms with van der Waals surface area (Å²) < 4.78 is 27.6. The molecule has 1 aliphatic heterocycles. The Bertz CT molecular complexity index is 890. The molecule has 0 bridgehead atoms. The van der Waals surface area contributed by atoms with Crippen LogP contribution in [0, 0.1) is 0 Å². The molecule has 3 rings (SSSR count). The molecule has 1 N–H and O–H groups in total. The third-order valence-electron chi connectivity index (χ3n) is 4.77. The second-order valence-electron chi connectivity index (χ2n) is 6.95. The van der Waals surface area contributed by atoms with Crippen LogP contribution in [0.4, 0.5) is 5.69 Å². The second kappa shape index (κ2) is 8.10. The summed E-state index contributed by atoms with van der Waals surface area (Å²) in [4.78, 5) is 16.8. The van der Waals surface area contributed by atoms with E-state index in [1.165, 1.54) is 0 Å². The standard InChI is InChI=1S/C20H25N3O3S/c1-22(2)18-8-6-7-16(15-18)20(24)23-13-11-17(12-14-23)21-27(25,26)19-9-4-3-5-10-19/h3-10,15,17,21H,11-14H2,1-2H3. The molecule has 0 spiro atoms. The average molecular weight is 388 g/mol. The number of hydrogen-bond acceptors (Lipinski definition) is 4. The summed E-state index contributed by atoms with van der Waals surface area (Å²) in [5, 5.41) is 0. The van der Waals surface area contributed by atoms with E-state index in [1.807, 2.05) is 43.3 Å². The maximum Gasteiger partial charge on any atom is 0.253 e. The minimum absolute atomic E-state index is 0.0110. The first-order valence-electron chi connectivity index (χ1n) is 9.01. The zero-order chi connectivity index (χ0) is 19.4. The summed E-state index contributed by atoms with van der Waals surface area (Å²) in [5.74, 6) is -0.0110. The highest BCUT2D eigenvalue weighted by molar-refractivity contribution is 7.89. The number of carbonyl (C=O) groups excluding carboxylic acids is 1. The monoisotopic (exact) mass is 387 g/mol. The van der Waals surface area contributed by atoms with Gasteiger partial charge in [0.05, 0.1) is 4.90 Å². The molecular formula is C20H25N3O3S. The van der Waals surface area contributed by atoms with Crippen molar-refractivity contribution in [1.82, 2.24) is 9.62 Å². The zero-order valence-corrected chi connectivity index (χ0v) is 16.4. The van der Waals surface area contributed by atoms with Crippen LogP contribution >= 0.6 is 0 Å². The Balaban J connectivity index is 1.60.